The lowest BCUT2D eigenvalue weighted by molar-refractivity contribution is -0.131. The number of sulfone groups is 1. The van der Waals surface area contributed by atoms with Crippen molar-refractivity contribution in [2.24, 2.45) is 0 Å². The molecule has 19 heavy (non-hydrogen) atoms. The maximum Gasteiger partial charge on any atom is 0.328 e. The summed E-state index contributed by atoms with van der Waals surface area (Å²) in [7, 11) is -3.08. The number of carbonyl (C=O) groups is 1. The predicted molar refractivity (Wildman–Crippen MR) is 73.1 cm³/mol. The van der Waals surface area contributed by atoms with Gasteiger partial charge in [0.1, 0.15) is 12.4 Å². The third-order valence-electron chi connectivity index (χ3n) is 2.28. The van der Waals surface area contributed by atoms with Crippen molar-refractivity contribution in [3.63, 3.8) is 0 Å². The van der Waals surface area contributed by atoms with Gasteiger partial charge in [-0.25, -0.2) is 13.2 Å². The van der Waals surface area contributed by atoms with Crippen LogP contribution in [0.3, 0.4) is 0 Å². The molecule has 0 bridgehead atoms. The predicted octanol–water partition coefficient (Wildman–Crippen LogP) is 1.52. The molecule has 6 heteroatoms. The highest BCUT2D eigenvalue weighted by Gasteiger charge is 2.05. The summed E-state index contributed by atoms with van der Waals surface area (Å²) in [6, 6.07) is 5.28. The number of carboxylic acid groups (broad SMARTS) is 1. The minimum absolute atomic E-state index is 0.0375. The smallest absolute Gasteiger partial charge is 0.328 e. The van der Waals surface area contributed by atoms with Crippen LogP contribution in [0.2, 0.25) is 0 Å². The molecule has 5 nitrogen and oxygen atoms in total. The molecule has 0 spiro atoms. The topological polar surface area (TPSA) is 80.7 Å². The Morgan fingerprint density at radius 2 is 2.11 bits per heavy atom. The quantitative estimate of drug-likeness (QED) is 0.801. The fourth-order valence-electron chi connectivity index (χ4n) is 1.39. The monoisotopic (exact) mass is 284 g/mol. The van der Waals surface area contributed by atoms with Crippen molar-refractivity contribution in [3.8, 4) is 5.75 Å². The fraction of sp³-hybridized carbons (Fsp3) is 0.308. The summed E-state index contributed by atoms with van der Waals surface area (Å²) in [6.07, 6.45) is 3.57. The Balaban J connectivity index is 2.85. The molecule has 1 aromatic rings. The standard InChI is InChI=1S/C13H16O5S/c1-10-3-5-12(18-7-8-19(2,16)17)11(9-10)4-6-13(14)15/h3-6,9H,7-8H2,1-2H3,(H,14,15). The van der Waals surface area contributed by atoms with Crippen LogP contribution in [-0.2, 0) is 14.6 Å². The van der Waals surface area contributed by atoms with E-state index in [9.17, 15) is 13.2 Å². The minimum atomic E-state index is -3.08. The molecule has 0 saturated carbocycles. The zero-order valence-corrected chi connectivity index (χ0v) is 11.6. The molecule has 0 aliphatic carbocycles. The van der Waals surface area contributed by atoms with Gasteiger partial charge in [-0.3, -0.25) is 0 Å². The van der Waals surface area contributed by atoms with Gasteiger partial charge in [0.15, 0.2) is 9.84 Å². The highest BCUT2D eigenvalue weighted by atomic mass is 32.2. The van der Waals surface area contributed by atoms with Crippen LogP contribution in [0.5, 0.6) is 5.75 Å². The lowest BCUT2D eigenvalue weighted by Gasteiger charge is -2.09. The summed E-state index contributed by atoms with van der Waals surface area (Å²) >= 11 is 0. The van der Waals surface area contributed by atoms with Crippen LogP contribution < -0.4 is 4.74 Å². The third-order valence-corrected chi connectivity index (χ3v) is 3.19. The molecule has 0 aliphatic heterocycles. The van der Waals surface area contributed by atoms with E-state index < -0.39 is 15.8 Å². The molecular formula is C13H16O5S. The summed E-state index contributed by atoms with van der Waals surface area (Å²) in [5, 5.41) is 8.61. The Kier molecular flexibility index (Phi) is 5.11. The number of hydrogen-bond donors (Lipinski definition) is 1. The van der Waals surface area contributed by atoms with Crippen LogP contribution in [-0.4, -0.2) is 38.1 Å². The fourth-order valence-corrected chi connectivity index (χ4v) is 1.78. The van der Waals surface area contributed by atoms with Crippen LogP contribution >= 0.6 is 0 Å². The molecule has 104 valence electrons. The summed E-state index contributed by atoms with van der Waals surface area (Å²) in [5.74, 6) is -0.668. The number of rotatable bonds is 6. The van der Waals surface area contributed by atoms with E-state index in [1.807, 2.05) is 13.0 Å². The molecule has 0 aliphatic rings. The lowest BCUT2D eigenvalue weighted by Crippen LogP contribution is -2.12. The molecule has 0 amide bonds. The number of ether oxygens (including phenoxy) is 1. The average Bonchev–Trinajstić information content (AvgIpc) is 2.27. The second kappa shape index (κ2) is 6.38. The van der Waals surface area contributed by atoms with Gasteiger partial charge in [0.25, 0.3) is 0 Å². The van der Waals surface area contributed by atoms with Gasteiger partial charge in [0.05, 0.1) is 5.75 Å². The summed E-state index contributed by atoms with van der Waals surface area (Å²) in [6.45, 7) is 1.91. The maximum absolute atomic E-state index is 11.0. The number of benzene rings is 1. The van der Waals surface area contributed by atoms with E-state index in [1.54, 1.807) is 12.1 Å². The van der Waals surface area contributed by atoms with Gasteiger partial charge in [-0.2, -0.15) is 0 Å². The van der Waals surface area contributed by atoms with Crippen molar-refractivity contribution < 1.29 is 23.1 Å². The van der Waals surface area contributed by atoms with E-state index in [-0.39, 0.29) is 12.4 Å². The normalized spacial score (nSPS) is 11.7. The Bertz CT molecular complexity index is 587. The number of aliphatic carboxylic acids is 1. The van der Waals surface area contributed by atoms with Gasteiger partial charge in [-0.1, -0.05) is 11.6 Å². The van der Waals surface area contributed by atoms with Crippen molar-refractivity contribution in [2.75, 3.05) is 18.6 Å². The maximum atomic E-state index is 11.0. The zero-order chi connectivity index (χ0) is 14.5. The number of carboxylic acids is 1. The average molecular weight is 284 g/mol. The van der Waals surface area contributed by atoms with Gasteiger partial charge >= 0.3 is 5.97 Å². The van der Waals surface area contributed by atoms with Crippen LogP contribution in [0.1, 0.15) is 11.1 Å². The van der Waals surface area contributed by atoms with Gasteiger partial charge in [-0.05, 0) is 25.1 Å². The van der Waals surface area contributed by atoms with E-state index in [4.69, 9.17) is 9.84 Å². The summed E-state index contributed by atoms with van der Waals surface area (Å²) in [5.41, 5.74) is 1.57. The van der Waals surface area contributed by atoms with Gasteiger partial charge in [0.2, 0.25) is 0 Å². The van der Waals surface area contributed by atoms with Crippen LogP contribution in [0.15, 0.2) is 24.3 Å². The van der Waals surface area contributed by atoms with Gasteiger partial charge in [-0.15, -0.1) is 0 Å². The molecule has 0 unspecified atom stereocenters. The highest BCUT2D eigenvalue weighted by molar-refractivity contribution is 7.90. The molecule has 0 radical (unpaired) electrons. The van der Waals surface area contributed by atoms with Crippen LogP contribution in [0.25, 0.3) is 6.08 Å². The highest BCUT2D eigenvalue weighted by Crippen LogP contribution is 2.21. The number of hydrogen-bond acceptors (Lipinski definition) is 4. The first-order valence-corrected chi connectivity index (χ1v) is 7.66. The molecule has 0 heterocycles. The first kappa shape index (κ1) is 15.2. The van der Waals surface area contributed by atoms with Crippen molar-refractivity contribution in [1.29, 1.82) is 0 Å². The number of aryl methyl sites for hydroxylation is 1. The van der Waals surface area contributed by atoms with Gasteiger partial charge < -0.3 is 9.84 Å². The molecule has 0 fully saturated rings. The van der Waals surface area contributed by atoms with Crippen molar-refractivity contribution >= 4 is 21.9 Å². The molecule has 0 aromatic heterocycles. The lowest BCUT2D eigenvalue weighted by atomic mass is 10.1. The third kappa shape index (κ3) is 6.05. The van der Waals surface area contributed by atoms with E-state index in [0.717, 1.165) is 17.9 Å². The molecule has 1 aromatic carbocycles. The van der Waals surface area contributed by atoms with Crippen molar-refractivity contribution in [3.05, 3.63) is 35.4 Å². The second-order valence-electron chi connectivity index (χ2n) is 4.19. The minimum Gasteiger partial charge on any atom is -0.492 e. The molecule has 0 saturated heterocycles. The molecule has 1 N–H and O–H groups in total. The van der Waals surface area contributed by atoms with Crippen molar-refractivity contribution in [1.82, 2.24) is 0 Å². The summed E-state index contributed by atoms with van der Waals surface area (Å²) < 4.78 is 27.4. The van der Waals surface area contributed by atoms with Crippen LogP contribution in [0, 0.1) is 6.92 Å². The first-order valence-electron chi connectivity index (χ1n) is 5.60. The van der Waals surface area contributed by atoms with Crippen LogP contribution in [0.4, 0.5) is 0 Å². The molecular weight excluding hydrogens is 268 g/mol. The zero-order valence-electron chi connectivity index (χ0n) is 10.8. The Morgan fingerprint density at radius 3 is 2.68 bits per heavy atom. The largest absolute Gasteiger partial charge is 0.492 e. The van der Waals surface area contributed by atoms with E-state index in [0.29, 0.717) is 11.3 Å². The van der Waals surface area contributed by atoms with E-state index >= 15 is 0 Å². The van der Waals surface area contributed by atoms with E-state index in [1.165, 1.54) is 6.08 Å². The summed E-state index contributed by atoms with van der Waals surface area (Å²) in [4.78, 5) is 10.5. The Labute approximate surface area is 112 Å². The molecule has 0 atom stereocenters. The Hall–Kier alpha value is -1.82. The van der Waals surface area contributed by atoms with E-state index in [2.05, 4.69) is 0 Å². The molecule has 1 rings (SSSR count). The van der Waals surface area contributed by atoms with Crippen molar-refractivity contribution in [2.45, 2.75) is 6.92 Å². The second-order valence-corrected chi connectivity index (χ2v) is 6.45. The van der Waals surface area contributed by atoms with Gasteiger partial charge in [0, 0.05) is 17.9 Å². The first-order chi connectivity index (χ1) is 8.78. The SMILES string of the molecule is Cc1ccc(OCCS(C)(=O)=O)c(C=CC(=O)O)c1. The Morgan fingerprint density at radius 1 is 1.42 bits per heavy atom.